The van der Waals surface area contributed by atoms with Gasteiger partial charge in [-0.05, 0) is 52.4 Å². The second-order valence-electron chi connectivity index (χ2n) is 10.8. The number of nitrogens with zero attached hydrogens (tertiary/aromatic N) is 3. The zero-order valence-electron chi connectivity index (χ0n) is 21.6. The number of para-hydroxylation sites is 2. The second-order valence-corrected chi connectivity index (χ2v) is 10.8. The Morgan fingerprint density at radius 3 is 2.37 bits per heavy atom. The lowest BCUT2D eigenvalue weighted by molar-refractivity contribution is 0.587. The lowest BCUT2D eigenvalue weighted by Crippen LogP contribution is -2.16. The fourth-order valence-corrected chi connectivity index (χ4v) is 5.41. The summed E-state index contributed by atoms with van der Waals surface area (Å²) in [4.78, 5) is 9.62. The maximum atomic E-state index is 6.43. The minimum absolute atomic E-state index is 0.110. The Morgan fingerprint density at radius 2 is 1.53 bits per heavy atom. The third kappa shape index (κ3) is 3.52. The molecule has 4 aromatic carbocycles. The Hall–Kier alpha value is -4.70. The third-order valence-corrected chi connectivity index (χ3v) is 7.25. The van der Waals surface area contributed by atoms with Gasteiger partial charge in [0, 0.05) is 17.0 Å². The average Bonchev–Trinajstić information content (AvgIpc) is 3.51. The SMILES string of the molecule is CC(C)(C)c1cc(-c2ccccc2)ccc1-n1c(-c2cccc3c2oc2ccccc23)nc2ccncc21. The molecule has 4 heteroatoms. The van der Waals surface area contributed by atoms with Crippen LogP contribution in [0, 0.1) is 0 Å². The third-order valence-electron chi connectivity index (χ3n) is 7.25. The number of pyridine rings is 1. The van der Waals surface area contributed by atoms with Gasteiger partial charge >= 0.3 is 0 Å². The Bertz CT molecular complexity index is 1960. The molecule has 0 bridgehead atoms. The van der Waals surface area contributed by atoms with Crippen LogP contribution < -0.4 is 0 Å². The van der Waals surface area contributed by atoms with E-state index < -0.39 is 0 Å². The van der Waals surface area contributed by atoms with Gasteiger partial charge in [-0.25, -0.2) is 4.98 Å². The molecule has 7 rings (SSSR count). The number of aromatic nitrogens is 3. The maximum absolute atomic E-state index is 6.43. The zero-order chi connectivity index (χ0) is 25.9. The van der Waals surface area contributed by atoms with Crippen LogP contribution in [0.3, 0.4) is 0 Å². The first-order valence-corrected chi connectivity index (χ1v) is 12.9. The number of fused-ring (bicyclic) bond motifs is 4. The molecule has 0 fully saturated rings. The van der Waals surface area contributed by atoms with Crippen LogP contribution >= 0.6 is 0 Å². The molecule has 184 valence electrons. The number of imidazole rings is 1. The average molecular weight is 494 g/mol. The van der Waals surface area contributed by atoms with Crippen LogP contribution in [0.2, 0.25) is 0 Å². The minimum atomic E-state index is -0.110. The van der Waals surface area contributed by atoms with Gasteiger partial charge in [-0.3, -0.25) is 9.55 Å². The van der Waals surface area contributed by atoms with Crippen molar-refractivity contribution in [1.82, 2.24) is 14.5 Å². The van der Waals surface area contributed by atoms with Gasteiger partial charge < -0.3 is 4.42 Å². The molecule has 0 amide bonds. The van der Waals surface area contributed by atoms with Gasteiger partial charge in [0.25, 0.3) is 0 Å². The molecule has 0 radical (unpaired) electrons. The van der Waals surface area contributed by atoms with Crippen LogP contribution in [-0.4, -0.2) is 14.5 Å². The molecule has 4 nitrogen and oxygen atoms in total. The van der Waals surface area contributed by atoms with Gasteiger partial charge in [-0.1, -0.05) is 87.5 Å². The highest BCUT2D eigenvalue weighted by Crippen LogP contribution is 2.40. The van der Waals surface area contributed by atoms with Crippen molar-refractivity contribution in [3.8, 4) is 28.2 Å². The minimum Gasteiger partial charge on any atom is -0.455 e. The van der Waals surface area contributed by atoms with Crippen molar-refractivity contribution < 1.29 is 4.42 Å². The van der Waals surface area contributed by atoms with Crippen LogP contribution in [0.4, 0.5) is 0 Å². The van der Waals surface area contributed by atoms with E-state index in [0.29, 0.717) is 0 Å². The second kappa shape index (κ2) is 8.42. The summed E-state index contributed by atoms with van der Waals surface area (Å²) in [5, 5.41) is 2.20. The molecule has 0 aliphatic rings. The van der Waals surface area contributed by atoms with Crippen molar-refractivity contribution >= 4 is 33.0 Å². The summed E-state index contributed by atoms with van der Waals surface area (Å²) in [5.41, 5.74) is 9.16. The topological polar surface area (TPSA) is 43.9 Å². The first-order valence-electron chi connectivity index (χ1n) is 12.9. The molecule has 0 saturated heterocycles. The number of benzene rings is 4. The van der Waals surface area contributed by atoms with E-state index in [0.717, 1.165) is 50.0 Å². The van der Waals surface area contributed by atoms with Crippen LogP contribution in [0.25, 0.3) is 61.2 Å². The van der Waals surface area contributed by atoms with E-state index in [4.69, 9.17) is 9.40 Å². The molecule has 0 aliphatic heterocycles. The number of hydrogen-bond donors (Lipinski definition) is 0. The van der Waals surface area contributed by atoms with Gasteiger partial charge in [-0.15, -0.1) is 0 Å². The molecule has 3 aromatic heterocycles. The Kier molecular flexibility index (Phi) is 4.98. The predicted molar refractivity (Wildman–Crippen MR) is 156 cm³/mol. The molecule has 0 N–H and O–H groups in total. The van der Waals surface area contributed by atoms with Gasteiger partial charge in [0.1, 0.15) is 17.0 Å². The quantitative estimate of drug-likeness (QED) is 0.247. The van der Waals surface area contributed by atoms with Crippen LogP contribution in [-0.2, 0) is 5.41 Å². The first kappa shape index (κ1) is 22.5. The van der Waals surface area contributed by atoms with Crippen molar-refractivity contribution in [2.24, 2.45) is 0 Å². The number of rotatable bonds is 3. The summed E-state index contributed by atoms with van der Waals surface area (Å²) in [7, 11) is 0. The highest BCUT2D eigenvalue weighted by Gasteiger charge is 2.25. The number of furan rings is 1. The van der Waals surface area contributed by atoms with Crippen LogP contribution in [0.15, 0.2) is 114 Å². The molecule has 0 saturated carbocycles. The lowest BCUT2D eigenvalue weighted by Gasteiger charge is -2.25. The van der Waals surface area contributed by atoms with E-state index in [9.17, 15) is 0 Å². The summed E-state index contributed by atoms with van der Waals surface area (Å²) in [6, 6.07) is 33.8. The van der Waals surface area contributed by atoms with E-state index in [-0.39, 0.29) is 5.41 Å². The van der Waals surface area contributed by atoms with E-state index >= 15 is 0 Å². The Labute approximate surface area is 221 Å². The maximum Gasteiger partial charge on any atom is 0.149 e. The largest absolute Gasteiger partial charge is 0.455 e. The van der Waals surface area contributed by atoms with E-state index in [1.54, 1.807) is 6.20 Å². The summed E-state index contributed by atoms with van der Waals surface area (Å²) in [6.07, 6.45) is 3.70. The summed E-state index contributed by atoms with van der Waals surface area (Å²) in [5.74, 6) is 0.843. The first-order chi connectivity index (χ1) is 18.5. The number of hydrogen-bond acceptors (Lipinski definition) is 3. The fraction of sp³-hybridized carbons (Fsp3) is 0.118. The molecule has 0 aliphatic carbocycles. The van der Waals surface area contributed by atoms with Gasteiger partial charge in [-0.2, -0.15) is 0 Å². The lowest BCUT2D eigenvalue weighted by atomic mass is 9.84. The highest BCUT2D eigenvalue weighted by molar-refractivity contribution is 6.09. The molecule has 3 heterocycles. The predicted octanol–water partition coefficient (Wildman–Crippen LogP) is 8.95. The standard InChI is InChI=1S/C34H27N3O/c1-34(2,3)27-20-23(22-10-5-4-6-11-22)16-17-29(27)37-30-21-35-19-18-28(30)36-33(37)26-14-9-13-25-24-12-7-8-15-31(24)38-32(25)26/h4-21H,1-3H3. The van der Waals surface area contributed by atoms with Crippen molar-refractivity contribution in [3.63, 3.8) is 0 Å². The van der Waals surface area contributed by atoms with E-state index in [1.165, 1.54) is 16.7 Å². The van der Waals surface area contributed by atoms with Gasteiger partial charge in [0.2, 0.25) is 0 Å². The van der Waals surface area contributed by atoms with Crippen molar-refractivity contribution in [1.29, 1.82) is 0 Å². The molecular formula is C34H27N3O. The Morgan fingerprint density at radius 1 is 0.737 bits per heavy atom. The van der Waals surface area contributed by atoms with Crippen LogP contribution in [0.5, 0.6) is 0 Å². The Balaban J connectivity index is 1.55. The molecule has 7 aromatic rings. The molecule has 38 heavy (non-hydrogen) atoms. The van der Waals surface area contributed by atoms with Crippen molar-refractivity contribution in [2.75, 3.05) is 0 Å². The van der Waals surface area contributed by atoms with Gasteiger partial charge in [0.05, 0.1) is 28.5 Å². The molecule has 0 atom stereocenters. The smallest absolute Gasteiger partial charge is 0.149 e. The van der Waals surface area contributed by atoms with Gasteiger partial charge in [0.15, 0.2) is 0 Å². The summed E-state index contributed by atoms with van der Waals surface area (Å²) in [6.45, 7) is 6.78. The summed E-state index contributed by atoms with van der Waals surface area (Å²) >= 11 is 0. The van der Waals surface area contributed by atoms with E-state index in [2.05, 4.69) is 109 Å². The molecular weight excluding hydrogens is 466 g/mol. The highest BCUT2D eigenvalue weighted by atomic mass is 16.3. The van der Waals surface area contributed by atoms with Crippen LogP contribution in [0.1, 0.15) is 26.3 Å². The fourth-order valence-electron chi connectivity index (χ4n) is 5.41. The summed E-state index contributed by atoms with van der Waals surface area (Å²) < 4.78 is 8.68. The monoisotopic (exact) mass is 493 g/mol. The zero-order valence-corrected chi connectivity index (χ0v) is 21.6. The normalized spacial score (nSPS) is 12.1. The van der Waals surface area contributed by atoms with Crippen molar-refractivity contribution in [3.05, 3.63) is 115 Å². The van der Waals surface area contributed by atoms with E-state index in [1.807, 2.05) is 24.4 Å². The molecule has 0 unspecified atom stereocenters. The van der Waals surface area contributed by atoms with Crippen molar-refractivity contribution in [2.45, 2.75) is 26.2 Å². The molecule has 0 spiro atoms.